The monoisotopic (exact) mass is 383 g/mol. The van der Waals surface area contributed by atoms with E-state index >= 15 is 0 Å². The summed E-state index contributed by atoms with van der Waals surface area (Å²) in [5.74, 6) is 0. The van der Waals surface area contributed by atoms with E-state index in [0.717, 1.165) is 29.5 Å². The van der Waals surface area contributed by atoms with Gasteiger partial charge in [0.05, 0.1) is 6.10 Å². The molecule has 0 unspecified atom stereocenters. The van der Waals surface area contributed by atoms with Crippen LogP contribution >= 0.6 is 15.9 Å². The highest BCUT2D eigenvalue weighted by Crippen LogP contribution is 2.19. The van der Waals surface area contributed by atoms with Gasteiger partial charge in [-0.05, 0) is 35.3 Å². The zero-order valence-corrected chi connectivity index (χ0v) is 15.2. The van der Waals surface area contributed by atoms with Gasteiger partial charge in [-0.25, -0.2) is 0 Å². The Kier molecular flexibility index (Phi) is 6.02. The molecule has 2 aromatic carbocycles. The van der Waals surface area contributed by atoms with Crippen molar-refractivity contribution in [2.45, 2.75) is 12.5 Å². The summed E-state index contributed by atoms with van der Waals surface area (Å²) >= 11 is 3.45. The Labute approximate surface area is 152 Å². The van der Waals surface area contributed by atoms with Crippen molar-refractivity contribution in [1.82, 2.24) is 4.90 Å². The third kappa shape index (κ3) is 4.91. The van der Waals surface area contributed by atoms with Gasteiger partial charge in [-0.2, -0.15) is 0 Å². The molecule has 0 saturated heterocycles. The fraction of sp³-hybridized carbons (Fsp3) is 0.238. The lowest BCUT2D eigenvalue weighted by Crippen LogP contribution is -2.32. The van der Waals surface area contributed by atoms with E-state index in [2.05, 4.69) is 63.3 Å². The molecular formula is C21H22BrNO. The third-order valence-corrected chi connectivity index (χ3v) is 4.83. The average molecular weight is 384 g/mol. The molecule has 0 spiro atoms. The summed E-state index contributed by atoms with van der Waals surface area (Å²) in [6.45, 7) is 2.56. The number of rotatable bonds is 5. The number of nitrogens with zero attached hydrogens (tertiary/aromatic N) is 1. The van der Waals surface area contributed by atoms with Crippen LogP contribution in [0.15, 0.2) is 76.8 Å². The van der Waals surface area contributed by atoms with Gasteiger partial charge >= 0.3 is 0 Å². The summed E-state index contributed by atoms with van der Waals surface area (Å²) in [5.41, 5.74) is 3.56. The Morgan fingerprint density at radius 1 is 1.04 bits per heavy atom. The van der Waals surface area contributed by atoms with E-state index in [1.165, 1.54) is 11.1 Å². The largest absolute Gasteiger partial charge is 0.387 e. The lowest BCUT2D eigenvalue weighted by atomic mass is 10.0. The first kappa shape index (κ1) is 17.2. The van der Waals surface area contributed by atoms with Crippen LogP contribution in [0.5, 0.6) is 0 Å². The van der Waals surface area contributed by atoms with Crippen LogP contribution in [0.1, 0.15) is 23.7 Å². The summed E-state index contributed by atoms with van der Waals surface area (Å²) in [4.78, 5) is 2.30. The van der Waals surface area contributed by atoms with Gasteiger partial charge < -0.3 is 5.11 Å². The maximum absolute atomic E-state index is 10.3. The number of hydrogen-bond acceptors (Lipinski definition) is 2. The van der Waals surface area contributed by atoms with Crippen LogP contribution < -0.4 is 0 Å². The van der Waals surface area contributed by atoms with Gasteiger partial charge in [-0.3, -0.25) is 4.90 Å². The van der Waals surface area contributed by atoms with Gasteiger partial charge in [0.25, 0.3) is 0 Å². The van der Waals surface area contributed by atoms with Gasteiger partial charge in [0.1, 0.15) is 0 Å². The number of β-amino-alcohol motifs (C(OH)–C–C–N with tert-alkyl or cyclic N) is 1. The molecule has 1 heterocycles. The zero-order valence-electron chi connectivity index (χ0n) is 13.6. The Bertz CT molecular complexity index is 706. The summed E-state index contributed by atoms with van der Waals surface area (Å²) in [6.07, 6.45) is 7.23. The highest BCUT2D eigenvalue weighted by atomic mass is 79.9. The Morgan fingerprint density at radius 2 is 1.79 bits per heavy atom. The van der Waals surface area contributed by atoms with Crippen molar-refractivity contribution in [3.63, 3.8) is 0 Å². The minimum atomic E-state index is -0.417. The van der Waals surface area contributed by atoms with Crippen molar-refractivity contribution in [2.75, 3.05) is 19.6 Å². The number of aliphatic hydroxyl groups excluding tert-OH is 1. The average Bonchev–Trinajstić information content (AvgIpc) is 2.63. The molecule has 24 heavy (non-hydrogen) atoms. The Hall–Kier alpha value is -1.68. The van der Waals surface area contributed by atoms with Crippen LogP contribution in [0.3, 0.4) is 0 Å². The standard InChI is InChI=1S/C21H22BrNO/c22-20-10-8-17(9-11-20)6-7-18-12-14-23(15-13-18)16-21(24)19-4-2-1-3-5-19/h1-12,21,24H,13-16H2/b7-6+/t21-/m0/s1. The Morgan fingerprint density at radius 3 is 2.46 bits per heavy atom. The predicted molar refractivity (Wildman–Crippen MR) is 104 cm³/mol. The van der Waals surface area contributed by atoms with Gasteiger partial charge in [0.2, 0.25) is 0 Å². The van der Waals surface area contributed by atoms with E-state index in [0.29, 0.717) is 6.54 Å². The van der Waals surface area contributed by atoms with Gasteiger partial charge in [-0.1, -0.05) is 76.6 Å². The maximum atomic E-state index is 10.3. The van der Waals surface area contributed by atoms with Crippen molar-refractivity contribution in [2.24, 2.45) is 0 Å². The van der Waals surface area contributed by atoms with E-state index in [-0.39, 0.29) is 0 Å². The summed E-state index contributed by atoms with van der Waals surface area (Å²) in [5, 5.41) is 10.3. The van der Waals surface area contributed by atoms with Crippen LogP contribution in [-0.2, 0) is 0 Å². The van der Waals surface area contributed by atoms with Crippen LogP contribution in [0.2, 0.25) is 0 Å². The van der Waals surface area contributed by atoms with Crippen molar-refractivity contribution >= 4 is 22.0 Å². The van der Waals surface area contributed by atoms with Crippen LogP contribution in [0, 0.1) is 0 Å². The molecule has 2 nitrogen and oxygen atoms in total. The minimum absolute atomic E-state index is 0.417. The second-order valence-electron chi connectivity index (χ2n) is 6.10. The van der Waals surface area contributed by atoms with Crippen molar-refractivity contribution < 1.29 is 5.11 Å². The van der Waals surface area contributed by atoms with Crippen LogP contribution in [-0.4, -0.2) is 29.6 Å². The second-order valence-corrected chi connectivity index (χ2v) is 7.02. The molecule has 1 atom stereocenters. The molecule has 1 N–H and O–H groups in total. The molecule has 3 heteroatoms. The molecule has 0 saturated carbocycles. The molecule has 0 amide bonds. The third-order valence-electron chi connectivity index (χ3n) is 4.30. The minimum Gasteiger partial charge on any atom is -0.387 e. The van der Waals surface area contributed by atoms with E-state index in [4.69, 9.17) is 0 Å². The SMILES string of the molecule is O[C@@H](CN1CC=C(/C=C/c2ccc(Br)cc2)CC1)c1ccccc1. The first-order valence-corrected chi connectivity index (χ1v) is 9.08. The highest BCUT2D eigenvalue weighted by molar-refractivity contribution is 9.10. The molecule has 0 aromatic heterocycles. The van der Waals surface area contributed by atoms with Crippen molar-refractivity contribution in [1.29, 1.82) is 0 Å². The predicted octanol–water partition coefficient (Wildman–Crippen LogP) is 4.83. The fourth-order valence-electron chi connectivity index (χ4n) is 2.85. The topological polar surface area (TPSA) is 23.5 Å². The number of benzene rings is 2. The summed E-state index contributed by atoms with van der Waals surface area (Å²) in [7, 11) is 0. The van der Waals surface area contributed by atoms with Crippen molar-refractivity contribution in [3.8, 4) is 0 Å². The fourth-order valence-corrected chi connectivity index (χ4v) is 3.11. The number of aliphatic hydroxyl groups is 1. The lowest BCUT2D eigenvalue weighted by molar-refractivity contribution is 0.118. The molecular weight excluding hydrogens is 362 g/mol. The molecule has 0 radical (unpaired) electrons. The highest BCUT2D eigenvalue weighted by Gasteiger charge is 2.15. The number of allylic oxidation sites excluding steroid dienone is 1. The van der Waals surface area contributed by atoms with E-state index in [9.17, 15) is 5.11 Å². The number of halogens is 1. The molecule has 2 aromatic rings. The molecule has 124 valence electrons. The quantitative estimate of drug-likeness (QED) is 0.799. The van der Waals surface area contributed by atoms with Crippen LogP contribution in [0.4, 0.5) is 0 Å². The molecule has 3 rings (SSSR count). The van der Waals surface area contributed by atoms with E-state index < -0.39 is 6.10 Å². The Balaban J connectivity index is 1.53. The molecule has 0 fully saturated rings. The molecule has 0 aliphatic carbocycles. The molecule has 0 bridgehead atoms. The number of hydrogen-bond donors (Lipinski definition) is 1. The van der Waals surface area contributed by atoms with E-state index in [1.807, 2.05) is 30.3 Å². The van der Waals surface area contributed by atoms with Gasteiger partial charge in [-0.15, -0.1) is 0 Å². The van der Waals surface area contributed by atoms with Crippen molar-refractivity contribution in [3.05, 3.63) is 87.9 Å². The molecule has 1 aliphatic rings. The normalized spacial score (nSPS) is 17.0. The molecule has 1 aliphatic heterocycles. The maximum Gasteiger partial charge on any atom is 0.0917 e. The summed E-state index contributed by atoms with van der Waals surface area (Å²) < 4.78 is 1.10. The summed E-state index contributed by atoms with van der Waals surface area (Å²) in [6, 6.07) is 18.2. The first-order valence-electron chi connectivity index (χ1n) is 8.29. The zero-order chi connectivity index (χ0) is 16.8. The van der Waals surface area contributed by atoms with Gasteiger partial charge in [0.15, 0.2) is 0 Å². The van der Waals surface area contributed by atoms with Gasteiger partial charge in [0, 0.05) is 24.1 Å². The first-order chi connectivity index (χ1) is 11.7. The second kappa shape index (κ2) is 8.43. The van der Waals surface area contributed by atoms with E-state index in [1.54, 1.807) is 0 Å². The smallest absolute Gasteiger partial charge is 0.0917 e. The van der Waals surface area contributed by atoms with Crippen LogP contribution in [0.25, 0.3) is 6.08 Å². The lowest BCUT2D eigenvalue weighted by Gasteiger charge is -2.27.